The highest BCUT2D eigenvalue weighted by atomic mass is 15.0. The first kappa shape index (κ1) is 13.4. The van der Waals surface area contributed by atoms with Gasteiger partial charge in [0.05, 0.1) is 0 Å². The smallest absolute Gasteiger partial charge is 0.00723 e. The number of hydrogen-bond donors (Lipinski definition) is 1. The maximum Gasteiger partial charge on any atom is 0.00723 e. The number of rotatable bonds is 2. The van der Waals surface area contributed by atoms with Crippen LogP contribution in [0.3, 0.4) is 0 Å². The third-order valence-corrected chi connectivity index (χ3v) is 5.17. The van der Waals surface area contributed by atoms with Gasteiger partial charge in [-0.3, -0.25) is 0 Å². The maximum absolute atomic E-state index is 3.98. The first-order valence-corrected chi connectivity index (χ1v) is 8.01. The summed E-state index contributed by atoms with van der Waals surface area (Å²) in [6, 6.07) is 1.66. The van der Waals surface area contributed by atoms with E-state index in [2.05, 4.69) is 19.2 Å². The molecule has 1 nitrogen and oxygen atoms in total. The summed E-state index contributed by atoms with van der Waals surface area (Å²) in [6.45, 7) is 4.87. The molecule has 0 aromatic heterocycles. The van der Waals surface area contributed by atoms with Crippen LogP contribution < -0.4 is 5.32 Å². The average Bonchev–Trinajstić information content (AvgIpc) is 2.27. The fourth-order valence-electron chi connectivity index (χ4n) is 3.66. The van der Waals surface area contributed by atoms with Crippen LogP contribution in [0.15, 0.2) is 0 Å². The predicted octanol–water partition coefficient (Wildman–Crippen LogP) is 4.51. The van der Waals surface area contributed by atoms with E-state index >= 15 is 0 Å². The molecule has 0 amide bonds. The molecule has 2 aliphatic carbocycles. The first-order valence-electron chi connectivity index (χ1n) is 8.01. The van der Waals surface area contributed by atoms with Gasteiger partial charge in [0.15, 0.2) is 0 Å². The normalized spacial score (nSPS) is 37.4. The molecule has 0 spiro atoms. The molecule has 0 saturated heterocycles. The second-order valence-corrected chi connectivity index (χ2v) is 6.67. The molecule has 2 aliphatic rings. The summed E-state index contributed by atoms with van der Waals surface area (Å²) in [4.78, 5) is 0. The van der Waals surface area contributed by atoms with Crippen LogP contribution >= 0.6 is 0 Å². The summed E-state index contributed by atoms with van der Waals surface area (Å²) < 4.78 is 0. The third-order valence-electron chi connectivity index (χ3n) is 5.17. The molecular formula is C16H31N. The van der Waals surface area contributed by atoms with Crippen molar-refractivity contribution in [2.75, 3.05) is 0 Å². The van der Waals surface area contributed by atoms with Gasteiger partial charge in [0, 0.05) is 12.1 Å². The lowest BCUT2D eigenvalue weighted by molar-refractivity contribution is 0.206. The lowest BCUT2D eigenvalue weighted by Crippen LogP contribution is -2.42. The van der Waals surface area contributed by atoms with Crippen LogP contribution in [0.1, 0.15) is 78.1 Å². The van der Waals surface area contributed by atoms with Crippen molar-refractivity contribution in [2.24, 2.45) is 11.8 Å². The highest BCUT2D eigenvalue weighted by Gasteiger charge is 2.26. The second-order valence-electron chi connectivity index (χ2n) is 6.67. The fourth-order valence-corrected chi connectivity index (χ4v) is 3.66. The van der Waals surface area contributed by atoms with Crippen LogP contribution in [0.25, 0.3) is 0 Å². The van der Waals surface area contributed by atoms with Gasteiger partial charge in [-0.05, 0) is 43.9 Å². The van der Waals surface area contributed by atoms with E-state index in [1.807, 2.05) is 0 Å². The van der Waals surface area contributed by atoms with Crippen molar-refractivity contribution in [2.45, 2.75) is 90.1 Å². The second kappa shape index (κ2) is 6.78. The van der Waals surface area contributed by atoms with Crippen LogP contribution in [-0.4, -0.2) is 12.1 Å². The molecule has 100 valence electrons. The Morgan fingerprint density at radius 2 is 1.29 bits per heavy atom. The van der Waals surface area contributed by atoms with E-state index in [1.165, 1.54) is 64.2 Å². The minimum atomic E-state index is 0.825. The zero-order valence-corrected chi connectivity index (χ0v) is 11.9. The van der Waals surface area contributed by atoms with Crippen LogP contribution in [-0.2, 0) is 0 Å². The average molecular weight is 237 g/mol. The molecule has 1 heteroatoms. The molecule has 3 unspecified atom stereocenters. The summed E-state index contributed by atoms with van der Waals surface area (Å²) in [5.41, 5.74) is 0. The van der Waals surface area contributed by atoms with E-state index in [-0.39, 0.29) is 0 Å². The Bertz CT molecular complexity index is 203. The Morgan fingerprint density at radius 1 is 0.647 bits per heavy atom. The monoisotopic (exact) mass is 237 g/mol. The van der Waals surface area contributed by atoms with E-state index in [9.17, 15) is 0 Å². The van der Waals surface area contributed by atoms with Crippen molar-refractivity contribution < 1.29 is 0 Å². The minimum absolute atomic E-state index is 0.825. The van der Waals surface area contributed by atoms with Gasteiger partial charge >= 0.3 is 0 Å². The van der Waals surface area contributed by atoms with Crippen molar-refractivity contribution in [3.05, 3.63) is 0 Å². The molecule has 2 rings (SSSR count). The molecule has 3 atom stereocenters. The van der Waals surface area contributed by atoms with E-state index in [0.29, 0.717) is 0 Å². The van der Waals surface area contributed by atoms with Gasteiger partial charge in [-0.15, -0.1) is 0 Å². The van der Waals surface area contributed by atoms with Crippen molar-refractivity contribution in [3.63, 3.8) is 0 Å². The number of nitrogens with one attached hydrogen (secondary N) is 1. The zero-order valence-electron chi connectivity index (χ0n) is 11.9. The van der Waals surface area contributed by atoms with Crippen LogP contribution in [0.2, 0.25) is 0 Å². The Hall–Kier alpha value is -0.0400. The highest BCUT2D eigenvalue weighted by Crippen LogP contribution is 2.30. The van der Waals surface area contributed by atoms with Gasteiger partial charge in [0.25, 0.3) is 0 Å². The molecule has 0 aromatic carbocycles. The molecule has 2 saturated carbocycles. The van der Waals surface area contributed by atoms with Gasteiger partial charge in [-0.1, -0.05) is 46.0 Å². The predicted molar refractivity (Wildman–Crippen MR) is 75.2 cm³/mol. The molecule has 0 bridgehead atoms. The molecule has 2 fully saturated rings. The third kappa shape index (κ3) is 4.28. The van der Waals surface area contributed by atoms with Gasteiger partial charge < -0.3 is 5.32 Å². The Kier molecular flexibility index (Phi) is 5.34. The number of hydrogen-bond acceptors (Lipinski definition) is 1. The Morgan fingerprint density at radius 3 is 1.94 bits per heavy atom. The van der Waals surface area contributed by atoms with Crippen molar-refractivity contribution in [1.82, 2.24) is 5.32 Å². The molecule has 17 heavy (non-hydrogen) atoms. The SMILES string of the molecule is CC1CCC(NC2CCCCCCC2)CC1C. The molecule has 0 aliphatic heterocycles. The molecule has 0 heterocycles. The molecule has 0 aromatic rings. The van der Waals surface area contributed by atoms with Crippen LogP contribution in [0.4, 0.5) is 0 Å². The summed E-state index contributed by atoms with van der Waals surface area (Å²) in [5, 5.41) is 3.98. The maximum atomic E-state index is 3.98. The fraction of sp³-hybridized carbons (Fsp3) is 1.00. The van der Waals surface area contributed by atoms with Gasteiger partial charge in [0.2, 0.25) is 0 Å². The molecular weight excluding hydrogens is 206 g/mol. The Balaban J connectivity index is 1.75. The molecule has 1 N–H and O–H groups in total. The zero-order chi connectivity index (χ0) is 12.1. The Labute approximate surface area is 108 Å². The van der Waals surface area contributed by atoms with E-state index in [1.54, 1.807) is 0 Å². The summed E-state index contributed by atoms with van der Waals surface area (Å²) in [5.74, 6) is 1.88. The largest absolute Gasteiger partial charge is 0.311 e. The summed E-state index contributed by atoms with van der Waals surface area (Å²) in [7, 11) is 0. The standard InChI is InChI=1S/C16H31N/c1-13-10-11-16(12-14(13)2)17-15-8-6-4-3-5-7-9-15/h13-17H,3-12H2,1-2H3. The van der Waals surface area contributed by atoms with E-state index < -0.39 is 0 Å². The summed E-state index contributed by atoms with van der Waals surface area (Å²) in [6.07, 6.45) is 14.5. The lowest BCUT2D eigenvalue weighted by Gasteiger charge is -2.35. The van der Waals surface area contributed by atoms with Gasteiger partial charge in [-0.2, -0.15) is 0 Å². The van der Waals surface area contributed by atoms with E-state index in [4.69, 9.17) is 0 Å². The van der Waals surface area contributed by atoms with Crippen LogP contribution in [0, 0.1) is 11.8 Å². The van der Waals surface area contributed by atoms with Crippen molar-refractivity contribution >= 4 is 0 Å². The minimum Gasteiger partial charge on any atom is -0.311 e. The molecule has 0 radical (unpaired) electrons. The topological polar surface area (TPSA) is 12.0 Å². The van der Waals surface area contributed by atoms with Gasteiger partial charge in [0.1, 0.15) is 0 Å². The first-order chi connectivity index (χ1) is 8.25. The lowest BCUT2D eigenvalue weighted by atomic mass is 9.78. The van der Waals surface area contributed by atoms with Crippen molar-refractivity contribution in [1.29, 1.82) is 0 Å². The van der Waals surface area contributed by atoms with Crippen LogP contribution in [0.5, 0.6) is 0 Å². The van der Waals surface area contributed by atoms with Crippen molar-refractivity contribution in [3.8, 4) is 0 Å². The highest BCUT2D eigenvalue weighted by molar-refractivity contribution is 4.83. The van der Waals surface area contributed by atoms with E-state index in [0.717, 1.165) is 23.9 Å². The van der Waals surface area contributed by atoms with Gasteiger partial charge in [-0.25, -0.2) is 0 Å². The summed E-state index contributed by atoms with van der Waals surface area (Å²) >= 11 is 0. The quantitative estimate of drug-likeness (QED) is 0.745.